The lowest BCUT2D eigenvalue weighted by atomic mass is 10.2. The standard InChI is InChI=1S/C22H26N4O2/c1-15(2)14-23-20(27)11-12-26(16-9-10-16)22-17-6-3-4-7-18(17)24-21(25-22)19-8-5-13-28-19/h3-8,13,15-16H,9-12,14H2,1-2H3,(H,23,27). The van der Waals surface area contributed by atoms with Crippen LogP contribution in [0.2, 0.25) is 0 Å². The Morgan fingerprint density at radius 2 is 2.04 bits per heavy atom. The van der Waals surface area contributed by atoms with Crippen molar-refractivity contribution < 1.29 is 9.21 Å². The van der Waals surface area contributed by atoms with Gasteiger partial charge in [-0.2, -0.15) is 0 Å². The zero-order chi connectivity index (χ0) is 19.5. The zero-order valence-corrected chi connectivity index (χ0v) is 16.4. The van der Waals surface area contributed by atoms with Crippen LogP contribution in [0.15, 0.2) is 47.1 Å². The summed E-state index contributed by atoms with van der Waals surface area (Å²) in [7, 11) is 0. The number of nitrogens with one attached hydrogen (secondary N) is 1. The molecule has 0 saturated heterocycles. The molecular formula is C22H26N4O2. The van der Waals surface area contributed by atoms with E-state index in [9.17, 15) is 4.79 Å². The third-order valence-electron chi connectivity index (χ3n) is 4.87. The molecule has 4 rings (SSSR count). The van der Waals surface area contributed by atoms with E-state index in [2.05, 4.69) is 29.0 Å². The molecule has 28 heavy (non-hydrogen) atoms. The fourth-order valence-electron chi connectivity index (χ4n) is 3.27. The largest absolute Gasteiger partial charge is 0.461 e. The van der Waals surface area contributed by atoms with Crippen LogP contribution in [0.3, 0.4) is 0 Å². The van der Waals surface area contributed by atoms with E-state index < -0.39 is 0 Å². The number of aromatic nitrogens is 2. The van der Waals surface area contributed by atoms with E-state index in [0.29, 0.717) is 43.1 Å². The predicted molar refractivity (Wildman–Crippen MR) is 110 cm³/mol. The Kier molecular flexibility index (Phi) is 5.28. The second-order valence-corrected chi connectivity index (χ2v) is 7.74. The molecule has 0 aliphatic heterocycles. The highest BCUT2D eigenvalue weighted by molar-refractivity contribution is 5.91. The first-order valence-electron chi connectivity index (χ1n) is 9.96. The fourth-order valence-corrected chi connectivity index (χ4v) is 3.27. The van der Waals surface area contributed by atoms with Gasteiger partial charge in [0.05, 0.1) is 11.8 Å². The quantitative estimate of drug-likeness (QED) is 0.641. The Balaban J connectivity index is 1.63. The number of benzene rings is 1. The number of rotatable bonds is 8. The molecule has 1 saturated carbocycles. The van der Waals surface area contributed by atoms with E-state index in [1.807, 2.05) is 36.4 Å². The molecule has 6 nitrogen and oxygen atoms in total. The van der Waals surface area contributed by atoms with Crippen LogP contribution < -0.4 is 10.2 Å². The fraction of sp³-hybridized carbons (Fsp3) is 0.409. The van der Waals surface area contributed by atoms with Crippen LogP contribution in [0.25, 0.3) is 22.5 Å². The molecule has 2 aromatic heterocycles. The van der Waals surface area contributed by atoms with Gasteiger partial charge in [0.15, 0.2) is 11.6 Å². The minimum atomic E-state index is 0.0870. The molecule has 2 heterocycles. The number of para-hydroxylation sites is 1. The number of anilines is 1. The molecule has 0 radical (unpaired) electrons. The number of carbonyl (C=O) groups excluding carboxylic acids is 1. The lowest BCUT2D eigenvalue weighted by Crippen LogP contribution is -2.34. The summed E-state index contributed by atoms with van der Waals surface area (Å²) >= 11 is 0. The van der Waals surface area contributed by atoms with Crippen molar-refractivity contribution in [3.05, 3.63) is 42.7 Å². The second kappa shape index (κ2) is 8.00. The number of furan rings is 1. The lowest BCUT2D eigenvalue weighted by Gasteiger charge is -2.25. The molecule has 1 aromatic carbocycles. The van der Waals surface area contributed by atoms with Crippen LogP contribution in [0.1, 0.15) is 33.1 Å². The predicted octanol–water partition coefficient (Wildman–Crippen LogP) is 4.02. The van der Waals surface area contributed by atoms with Gasteiger partial charge in [-0.3, -0.25) is 4.79 Å². The van der Waals surface area contributed by atoms with E-state index in [1.165, 1.54) is 0 Å². The van der Waals surface area contributed by atoms with Crippen molar-refractivity contribution in [1.29, 1.82) is 0 Å². The van der Waals surface area contributed by atoms with E-state index in [-0.39, 0.29) is 5.91 Å². The van der Waals surface area contributed by atoms with Gasteiger partial charge in [-0.1, -0.05) is 26.0 Å². The highest BCUT2D eigenvalue weighted by atomic mass is 16.3. The van der Waals surface area contributed by atoms with Crippen LogP contribution >= 0.6 is 0 Å². The summed E-state index contributed by atoms with van der Waals surface area (Å²) in [5, 5.41) is 4.01. The summed E-state index contributed by atoms with van der Waals surface area (Å²) < 4.78 is 5.52. The summed E-state index contributed by atoms with van der Waals surface area (Å²) in [5.74, 6) is 2.65. The summed E-state index contributed by atoms with van der Waals surface area (Å²) in [5.41, 5.74) is 0.883. The average Bonchev–Trinajstić information content (AvgIpc) is 3.38. The van der Waals surface area contributed by atoms with Gasteiger partial charge in [0.25, 0.3) is 0 Å². The SMILES string of the molecule is CC(C)CNC(=O)CCN(c1nc(-c2ccco2)nc2ccccc12)C1CC1. The van der Waals surface area contributed by atoms with Gasteiger partial charge >= 0.3 is 0 Å². The van der Waals surface area contributed by atoms with Gasteiger partial charge in [0.1, 0.15) is 5.82 Å². The minimum Gasteiger partial charge on any atom is -0.461 e. The van der Waals surface area contributed by atoms with Crippen molar-refractivity contribution in [2.24, 2.45) is 5.92 Å². The van der Waals surface area contributed by atoms with Gasteiger partial charge < -0.3 is 14.6 Å². The van der Waals surface area contributed by atoms with Crippen molar-refractivity contribution in [3.8, 4) is 11.6 Å². The number of amides is 1. The monoisotopic (exact) mass is 378 g/mol. The highest BCUT2D eigenvalue weighted by Gasteiger charge is 2.32. The van der Waals surface area contributed by atoms with E-state index in [1.54, 1.807) is 6.26 Å². The molecule has 6 heteroatoms. The molecule has 1 aliphatic rings. The molecule has 3 aromatic rings. The molecule has 1 amide bonds. The van der Waals surface area contributed by atoms with Crippen LogP contribution in [0, 0.1) is 5.92 Å². The minimum absolute atomic E-state index is 0.0870. The first kappa shape index (κ1) is 18.5. The van der Waals surface area contributed by atoms with Crippen molar-refractivity contribution in [3.63, 3.8) is 0 Å². The topological polar surface area (TPSA) is 71.3 Å². The lowest BCUT2D eigenvalue weighted by molar-refractivity contribution is -0.121. The molecule has 1 aliphatic carbocycles. The molecule has 0 atom stereocenters. The van der Waals surface area contributed by atoms with Gasteiger partial charge in [0.2, 0.25) is 5.91 Å². The summed E-state index contributed by atoms with van der Waals surface area (Å²) in [4.78, 5) is 24.0. The number of hydrogen-bond donors (Lipinski definition) is 1. The Morgan fingerprint density at radius 1 is 1.21 bits per heavy atom. The Morgan fingerprint density at radius 3 is 2.75 bits per heavy atom. The van der Waals surface area contributed by atoms with Gasteiger partial charge in [-0.05, 0) is 43.0 Å². The Hall–Kier alpha value is -2.89. The van der Waals surface area contributed by atoms with E-state index >= 15 is 0 Å². The Labute approximate surface area is 165 Å². The molecule has 146 valence electrons. The third kappa shape index (κ3) is 4.16. The summed E-state index contributed by atoms with van der Waals surface area (Å²) in [6, 6.07) is 12.2. The van der Waals surface area contributed by atoms with E-state index in [4.69, 9.17) is 9.40 Å². The van der Waals surface area contributed by atoms with E-state index in [0.717, 1.165) is 29.6 Å². The van der Waals surface area contributed by atoms with Crippen LogP contribution in [0.5, 0.6) is 0 Å². The smallest absolute Gasteiger partial charge is 0.221 e. The average molecular weight is 378 g/mol. The van der Waals surface area contributed by atoms with Gasteiger partial charge in [-0.25, -0.2) is 9.97 Å². The molecule has 1 N–H and O–H groups in total. The van der Waals surface area contributed by atoms with Gasteiger partial charge in [0, 0.05) is 30.9 Å². The first-order valence-corrected chi connectivity index (χ1v) is 9.96. The summed E-state index contributed by atoms with van der Waals surface area (Å²) in [6.45, 7) is 5.55. The van der Waals surface area contributed by atoms with Crippen molar-refractivity contribution in [2.75, 3.05) is 18.0 Å². The maximum atomic E-state index is 12.3. The first-order chi connectivity index (χ1) is 13.6. The summed E-state index contributed by atoms with van der Waals surface area (Å²) in [6.07, 6.45) is 4.34. The Bertz CT molecular complexity index is 948. The number of hydrogen-bond acceptors (Lipinski definition) is 5. The normalized spacial score (nSPS) is 13.8. The number of carbonyl (C=O) groups is 1. The van der Waals surface area contributed by atoms with Gasteiger partial charge in [-0.15, -0.1) is 0 Å². The molecule has 0 spiro atoms. The van der Waals surface area contributed by atoms with Crippen LogP contribution in [0.4, 0.5) is 5.82 Å². The van der Waals surface area contributed by atoms with Crippen molar-refractivity contribution in [2.45, 2.75) is 39.2 Å². The maximum Gasteiger partial charge on any atom is 0.221 e. The molecule has 1 fully saturated rings. The number of fused-ring (bicyclic) bond motifs is 1. The molecule has 0 bridgehead atoms. The molecular weight excluding hydrogens is 352 g/mol. The van der Waals surface area contributed by atoms with Crippen LogP contribution in [-0.4, -0.2) is 35.0 Å². The van der Waals surface area contributed by atoms with Crippen molar-refractivity contribution >= 4 is 22.6 Å². The third-order valence-corrected chi connectivity index (χ3v) is 4.87. The van der Waals surface area contributed by atoms with Crippen LogP contribution in [-0.2, 0) is 4.79 Å². The second-order valence-electron chi connectivity index (χ2n) is 7.74. The highest BCUT2D eigenvalue weighted by Crippen LogP contribution is 2.35. The molecule has 0 unspecified atom stereocenters. The van der Waals surface area contributed by atoms with Crippen molar-refractivity contribution in [1.82, 2.24) is 15.3 Å². The zero-order valence-electron chi connectivity index (χ0n) is 16.4. The maximum absolute atomic E-state index is 12.3. The number of nitrogens with zero attached hydrogens (tertiary/aromatic N) is 3.